The van der Waals surface area contributed by atoms with Gasteiger partial charge in [0.2, 0.25) is 0 Å². The lowest BCUT2D eigenvalue weighted by Crippen LogP contribution is -2.50. The van der Waals surface area contributed by atoms with Crippen LogP contribution in [0.5, 0.6) is 0 Å². The number of urea groups is 1. The van der Waals surface area contributed by atoms with E-state index in [1.54, 1.807) is 11.3 Å². The number of carbonyl (C=O) groups is 2. The lowest BCUT2D eigenvalue weighted by atomic mass is 9.54. The molecule has 6 nitrogen and oxygen atoms in total. The average Bonchev–Trinajstić information content (AvgIpc) is 3.22. The van der Waals surface area contributed by atoms with E-state index in [2.05, 4.69) is 24.5 Å². The Morgan fingerprint density at radius 1 is 1.17 bits per heavy atom. The second-order valence-electron chi connectivity index (χ2n) is 10.3. The highest BCUT2D eigenvalue weighted by molar-refractivity contribution is 7.15. The van der Waals surface area contributed by atoms with Crippen LogP contribution in [0.25, 0.3) is 0 Å². The van der Waals surface area contributed by atoms with Crippen molar-refractivity contribution in [2.24, 2.45) is 23.2 Å². The minimum Gasteiger partial charge on any atom is -0.461 e. The van der Waals surface area contributed by atoms with Gasteiger partial charge in [-0.2, -0.15) is 0 Å². The molecule has 1 aromatic heterocycles. The summed E-state index contributed by atoms with van der Waals surface area (Å²) in [6.07, 6.45) is 8.92. The molecule has 164 valence electrons. The molecule has 3 aliphatic carbocycles. The molecule has 30 heavy (non-hydrogen) atoms. The van der Waals surface area contributed by atoms with Crippen LogP contribution in [0.2, 0.25) is 0 Å². The van der Waals surface area contributed by atoms with E-state index in [1.807, 2.05) is 6.92 Å². The van der Waals surface area contributed by atoms with Gasteiger partial charge >= 0.3 is 12.0 Å². The summed E-state index contributed by atoms with van der Waals surface area (Å²) in [7, 11) is 0. The fraction of sp³-hybridized carbons (Fsp3) is 0.783. The third kappa shape index (κ3) is 3.33. The van der Waals surface area contributed by atoms with Gasteiger partial charge in [0.15, 0.2) is 5.13 Å². The van der Waals surface area contributed by atoms with Gasteiger partial charge in [0.05, 0.1) is 11.6 Å². The molecule has 2 saturated carbocycles. The normalized spacial score (nSPS) is 38.2. The first-order valence-corrected chi connectivity index (χ1v) is 12.4. The molecule has 5 rings (SSSR count). The summed E-state index contributed by atoms with van der Waals surface area (Å²) in [5.74, 6) is 0.815. The van der Waals surface area contributed by atoms with Crippen molar-refractivity contribution in [2.75, 3.05) is 5.32 Å². The fourth-order valence-corrected chi connectivity index (χ4v) is 7.96. The predicted octanol–water partition coefficient (Wildman–Crippen LogP) is 4.85. The highest BCUT2D eigenvalue weighted by Gasteiger charge is 2.58. The number of hydrogen-bond donors (Lipinski definition) is 2. The van der Waals surface area contributed by atoms with E-state index in [9.17, 15) is 9.59 Å². The topological polar surface area (TPSA) is 80.3 Å². The summed E-state index contributed by atoms with van der Waals surface area (Å²) in [6, 6.07) is 0.146. The van der Waals surface area contributed by atoms with Crippen LogP contribution in [0.1, 0.15) is 82.2 Å². The molecule has 2 amide bonds. The zero-order valence-corrected chi connectivity index (χ0v) is 19.0. The van der Waals surface area contributed by atoms with E-state index in [4.69, 9.17) is 9.72 Å². The molecule has 2 heterocycles. The first-order chi connectivity index (χ1) is 14.4. The molecule has 1 aromatic rings. The van der Waals surface area contributed by atoms with Crippen LogP contribution in [0.15, 0.2) is 0 Å². The third-order valence-electron chi connectivity index (χ3n) is 8.32. The maximum atomic E-state index is 12.5. The summed E-state index contributed by atoms with van der Waals surface area (Å²) in [5, 5.41) is 6.80. The standard InChI is InChI=1S/C23H33N3O3S/c1-12-15-9-10-23(3)11-16-18(13(2)17(23)19(15)29-20(12)27)25-22(30-16)26-21(28)24-14-7-5-4-6-8-14/h12-15,17,19H,4-11H2,1-3H3,(H2,24,25,26,28)/t12-,13+,15-,17+,19+,23+/m0/s1. The van der Waals surface area contributed by atoms with Crippen molar-refractivity contribution in [2.45, 2.75) is 90.2 Å². The smallest absolute Gasteiger partial charge is 0.321 e. The summed E-state index contributed by atoms with van der Waals surface area (Å²) < 4.78 is 5.91. The van der Waals surface area contributed by atoms with Crippen molar-refractivity contribution in [1.29, 1.82) is 0 Å². The molecule has 4 aliphatic rings. The van der Waals surface area contributed by atoms with Crippen molar-refractivity contribution in [3.8, 4) is 0 Å². The van der Waals surface area contributed by atoms with Gasteiger partial charge in [-0.3, -0.25) is 10.1 Å². The molecule has 1 saturated heterocycles. The summed E-state index contributed by atoms with van der Waals surface area (Å²) in [6.45, 7) is 6.60. The molecular weight excluding hydrogens is 398 g/mol. The van der Waals surface area contributed by atoms with Gasteiger partial charge in [0.1, 0.15) is 6.10 Å². The lowest BCUT2D eigenvalue weighted by molar-refractivity contribution is -0.149. The van der Waals surface area contributed by atoms with Crippen molar-refractivity contribution in [3.63, 3.8) is 0 Å². The molecule has 0 radical (unpaired) electrons. The van der Waals surface area contributed by atoms with E-state index in [1.165, 1.54) is 24.1 Å². The monoisotopic (exact) mass is 431 g/mol. The summed E-state index contributed by atoms with van der Waals surface area (Å²) in [5.41, 5.74) is 1.21. The van der Waals surface area contributed by atoms with Crippen LogP contribution in [0.4, 0.5) is 9.93 Å². The first kappa shape index (κ1) is 20.3. The Labute approximate surface area is 182 Å². The molecule has 0 unspecified atom stereocenters. The number of hydrogen-bond acceptors (Lipinski definition) is 5. The number of aromatic nitrogens is 1. The van der Waals surface area contributed by atoms with E-state index in [0.29, 0.717) is 17.0 Å². The minimum atomic E-state index is -0.136. The third-order valence-corrected chi connectivity index (χ3v) is 9.31. The zero-order valence-electron chi connectivity index (χ0n) is 18.2. The van der Waals surface area contributed by atoms with Crippen LogP contribution in [0.3, 0.4) is 0 Å². The van der Waals surface area contributed by atoms with Crippen molar-refractivity contribution in [3.05, 3.63) is 10.6 Å². The maximum Gasteiger partial charge on any atom is 0.321 e. The van der Waals surface area contributed by atoms with E-state index >= 15 is 0 Å². The van der Waals surface area contributed by atoms with Gasteiger partial charge in [0, 0.05) is 28.7 Å². The summed E-state index contributed by atoms with van der Waals surface area (Å²) >= 11 is 1.62. The largest absolute Gasteiger partial charge is 0.461 e. The summed E-state index contributed by atoms with van der Waals surface area (Å²) in [4.78, 5) is 30.9. The molecule has 0 aromatic carbocycles. The number of esters is 1. The Hall–Kier alpha value is -1.63. The van der Waals surface area contributed by atoms with Crippen molar-refractivity contribution in [1.82, 2.24) is 10.3 Å². The molecule has 6 atom stereocenters. The Morgan fingerprint density at radius 3 is 2.70 bits per heavy atom. The van der Waals surface area contributed by atoms with Gasteiger partial charge in [0.25, 0.3) is 0 Å². The van der Waals surface area contributed by atoms with Gasteiger partial charge < -0.3 is 10.1 Å². The SMILES string of the molecule is C[C@@H]1C(=O)O[C@@H]2[C@H]1CC[C@]1(C)Cc3sc(NC(=O)NC4CCCCC4)nc3[C@H](C)[C@H]21. The molecule has 1 aliphatic heterocycles. The van der Waals surface area contributed by atoms with Gasteiger partial charge in [-0.25, -0.2) is 9.78 Å². The fourth-order valence-electron chi connectivity index (χ4n) is 6.70. The highest BCUT2D eigenvalue weighted by atomic mass is 32.1. The van der Waals surface area contributed by atoms with Crippen LogP contribution in [-0.4, -0.2) is 29.1 Å². The van der Waals surface area contributed by atoms with E-state index < -0.39 is 0 Å². The number of nitrogens with one attached hydrogen (secondary N) is 2. The van der Waals surface area contributed by atoms with Gasteiger partial charge in [-0.05, 0) is 37.5 Å². The van der Waals surface area contributed by atoms with Crippen molar-refractivity contribution >= 4 is 28.5 Å². The van der Waals surface area contributed by atoms with Crippen LogP contribution >= 0.6 is 11.3 Å². The highest BCUT2D eigenvalue weighted by Crippen LogP contribution is 2.59. The zero-order chi connectivity index (χ0) is 21.0. The minimum absolute atomic E-state index is 0.00195. The number of carbonyl (C=O) groups excluding carboxylic acids is 2. The van der Waals surface area contributed by atoms with Crippen molar-refractivity contribution < 1.29 is 14.3 Å². The van der Waals surface area contributed by atoms with Crippen LogP contribution in [0, 0.1) is 23.2 Å². The number of rotatable bonds is 2. The van der Waals surface area contributed by atoms with Crippen LogP contribution in [-0.2, 0) is 16.0 Å². The van der Waals surface area contributed by atoms with E-state index in [0.717, 1.165) is 37.8 Å². The lowest BCUT2D eigenvalue weighted by Gasteiger charge is -2.51. The van der Waals surface area contributed by atoms with Gasteiger partial charge in [-0.1, -0.05) is 40.0 Å². The second-order valence-corrected chi connectivity index (χ2v) is 11.4. The predicted molar refractivity (Wildman–Crippen MR) is 117 cm³/mol. The number of thiazole rings is 1. The molecule has 0 bridgehead atoms. The average molecular weight is 432 g/mol. The van der Waals surface area contributed by atoms with Crippen LogP contribution < -0.4 is 10.6 Å². The molecule has 0 spiro atoms. The molecule has 3 fully saturated rings. The Morgan fingerprint density at radius 2 is 1.93 bits per heavy atom. The number of anilines is 1. The quantitative estimate of drug-likeness (QED) is 0.656. The van der Waals surface area contributed by atoms with E-state index in [-0.39, 0.29) is 41.4 Å². The number of ether oxygens (including phenoxy) is 1. The number of amides is 2. The first-order valence-electron chi connectivity index (χ1n) is 11.6. The van der Waals surface area contributed by atoms with Gasteiger partial charge in [-0.15, -0.1) is 11.3 Å². The molecule has 2 N–H and O–H groups in total. The Bertz CT molecular complexity index is 849. The Balaban J connectivity index is 1.34. The maximum absolute atomic E-state index is 12.5. The number of fused-ring (bicyclic) bond motifs is 4. The molecule has 7 heteroatoms. The second kappa shape index (κ2) is 7.50. The molecular formula is C23H33N3O3S. The number of nitrogens with zero attached hydrogens (tertiary/aromatic N) is 1. The Kier molecular flexibility index (Phi) is 5.07.